The SMILES string of the molecule is CC(C)(c1ccccc1)c1ccnc(-c2[c-]c(-c3cccc4sc(-c5ccccc5O)nc34)ccc2)c1.[Pt]. The normalized spacial score (nSPS) is 11.3. The second kappa shape index (κ2) is 10.6. The van der Waals surface area contributed by atoms with Gasteiger partial charge in [-0.1, -0.05) is 85.6 Å². The van der Waals surface area contributed by atoms with Crippen LogP contribution in [-0.4, -0.2) is 15.1 Å². The van der Waals surface area contributed by atoms with Crippen molar-refractivity contribution in [1.29, 1.82) is 0 Å². The molecule has 0 amide bonds. The Kier molecular flexibility index (Phi) is 7.29. The Hall–Kier alpha value is -3.59. The molecule has 0 unspecified atom stereocenters. The van der Waals surface area contributed by atoms with E-state index < -0.39 is 0 Å². The minimum Gasteiger partial charge on any atom is -0.507 e. The van der Waals surface area contributed by atoms with Gasteiger partial charge in [0, 0.05) is 43.1 Å². The summed E-state index contributed by atoms with van der Waals surface area (Å²) >= 11 is 1.58. The molecule has 0 fully saturated rings. The van der Waals surface area contributed by atoms with Crippen LogP contribution < -0.4 is 0 Å². The minimum absolute atomic E-state index is 0. The third-order valence-corrected chi connectivity index (χ3v) is 7.95. The number of fused-ring (bicyclic) bond motifs is 1. The summed E-state index contributed by atoms with van der Waals surface area (Å²) in [5.74, 6) is 0.237. The molecule has 2 heterocycles. The fourth-order valence-electron chi connectivity index (χ4n) is 4.70. The Bertz CT molecular complexity index is 1730. The zero-order valence-electron chi connectivity index (χ0n) is 21.0. The van der Waals surface area contributed by atoms with Gasteiger partial charge in [0.1, 0.15) is 10.8 Å². The Morgan fingerprint density at radius 3 is 2.26 bits per heavy atom. The van der Waals surface area contributed by atoms with Crippen LogP contribution in [0.15, 0.2) is 109 Å². The first-order chi connectivity index (χ1) is 18.0. The molecule has 0 saturated carbocycles. The number of hydrogen-bond donors (Lipinski definition) is 1. The van der Waals surface area contributed by atoms with Gasteiger partial charge >= 0.3 is 0 Å². The van der Waals surface area contributed by atoms with Gasteiger partial charge < -0.3 is 5.11 Å². The van der Waals surface area contributed by atoms with Gasteiger partial charge in [-0.15, -0.1) is 41.2 Å². The molecule has 6 rings (SSSR count). The number of hydrogen-bond acceptors (Lipinski definition) is 4. The van der Waals surface area contributed by atoms with E-state index in [9.17, 15) is 5.11 Å². The Balaban J connectivity index is 0.00000294. The van der Waals surface area contributed by atoms with Gasteiger partial charge in [0.15, 0.2) is 0 Å². The number of aromatic nitrogens is 2. The second-order valence-electron chi connectivity index (χ2n) is 9.59. The van der Waals surface area contributed by atoms with Gasteiger partial charge in [-0.05, 0) is 35.4 Å². The third-order valence-electron chi connectivity index (χ3n) is 6.89. The standard InChI is InChI=1S/C33H25N2OS.Pt/c1-33(2,24-12-4-3-5-13-24)25-18-19-34-28(21-25)23-11-8-10-22(20-23)26-15-9-17-30-31(26)35-32(37-30)27-14-6-7-16-29(27)36;/h3-19,21,36H,1-2H3;/q-1;. The number of para-hydroxylation sites is 2. The van der Waals surface area contributed by atoms with E-state index in [-0.39, 0.29) is 32.2 Å². The summed E-state index contributed by atoms with van der Waals surface area (Å²) in [7, 11) is 0. The summed E-state index contributed by atoms with van der Waals surface area (Å²) in [6, 6.07) is 38.1. The van der Waals surface area contributed by atoms with E-state index in [0.717, 1.165) is 43.2 Å². The monoisotopic (exact) mass is 692 g/mol. The van der Waals surface area contributed by atoms with E-state index in [1.165, 1.54) is 11.1 Å². The minimum atomic E-state index is -0.151. The maximum atomic E-state index is 10.3. The average Bonchev–Trinajstić information content (AvgIpc) is 3.38. The average molecular weight is 693 g/mol. The van der Waals surface area contributed by atoms with E-state index in [4.69, 9.17) is 9.97 Å². The molecule has 0 bridgehead atoms. The van der Waals surface area contributed by atoms with E-state index in [1.54, 1.807) is 17.4 Å². The zero-order valence-corrected chi connectivity index (χ0v) is 24.0. The van der Waals surface area contributed by atoms with Crippen LogP contribution in [0.5, 0.6) is 5.75 Å². The molecular formula is C33H25N2OPtS-. The largest absolute Gasteiger partial charge is 0.507 e. The molecule has 0 spiro atoms. The van der Waals surface area contributed by atoms with Crippen LogP contribution in [0.1, 0.15) is 25.0 Å². The van der Waals surface area contributed by atoms with Crippen molar-refractivity contribution in [2.45, 2.75) is 19.3 Å². The molecule has 0 atom stereocenters. The van der Waals surface area contributed by atoms with Gasteiger partial charge in [-0.25, -0.2) is 4.98 Å². The maximum absolute atomic E-state index is 10.3. The number of aromatic hydroxyl groups is 1. The fourth-order valence-corrected chi connectivity index (χ4v) is 5.73. The number of phenolic OH excluding ortho intramolecular Hbond substituents is 1. The van der Waals surface area contributed by atoms with Crippen molar-refractivity contribution in [3.05, 3.63) is 127 Å². The van der Waals surface area contributed by atoms with Crippen LogP contribution in [0.3, 0.4) is 0 Å². The molecule has 0 aliphatic carbocycles. The van der Waals surface area contributed by atoms with Crippen molar-refractivity contribution in [1.82, 2.24) is 9.97 Å². The van der Waals surface area contributed by atoms with Crippen molar-refractivity contribution < 1.29 is 26.2 Å². The van der Waals surface area contributed by atoms with Crippen LogP contribution in [0, 0.1) is 6.07 Å². The van der Waals surface area contributed by atoms with E-state index in [2.05, 4.69) is 80.6 Å². The van der Waals surface area contributed by atoms with Gasteiger partial charge in [-0.3, -0.25) is 4.98 Å². The third kappa shape index (κ3) is 4.82. The smallest absolute Gasteiger partial charge is 0.127 e. The van der Waals surface area contributed by atoms with Crippen LogP contribution >= 0.6 is 11.3 Å². The first-order valence-corrected chi connectivity index (χ1v) is 13.1. The van der Waals surface area contributed by atoms with Crippen molar-refractivity contribution >= 4 is 21.6 Å². The molecule has 5 heteroatoms. The molecule has 0 saturated heterocycles. The van der Waals surface area contributed by atoms with Crippen LogP contribution in [0.2, 0.25) is 0 Å². The molecule has 4 aromatic carbocycles. The van der Waals surface area contributed by atoms with E-state index in [0.29, 0.717) is 0 Å². The van der Waals surface area contributed by atoms with Crippen molar-refractivity contribution in [3.8, 4) is 38.7 Å². The predicted molar refractivity (Wildman–Crippen MR) is 153 cm³/mol. The molecule has 3 nitrogen and oxygen atoms in total. The van der Waals surface area contributed by atoms with Gasteiger partial charge in [0.05, 0.1) is 11.1 Å². The van der Waals surface area contributed by atoms with Crippen LogP contribution in [-0.2, 0) is 26.5 Å². The Morgan fingerprint density at radius 2 is 1.45 bits per heavy atom. The van der Waals surface area contributed by atoms with Crippen molar-refractivity contribution in [2.24, 2.45) is 0 Å². The quantitative estimate of drug-likeness (QED) is 0.184. The van der Waals surface area contributed by atoms with Gasteiger partial charge in [0.25, 0.3) is 0 Å². The summed E-state index contributed by atoms with van der Waals surface area (Å²) in [6.07, 6.45) is 1.88. The molecule has 0 radical (unpaired) electrons. The maximum Gasteiger partial charge on any atom is 0.127 e. The molecule has 6 aromatic rings. The predicted octanol–water partition coefficient (Wildman–Crippen LogP) is 8.52. The Labute approximate surface area is 241 Å². The summed E-state index contributed by atoms with van der Waals surface area (Å²) in [5.41, 5.74) is 7.78. The number of phenols is 1. The summed E-state index contributed by atoms with van der Waals surface area (Å²) in [6.45, 7) is 4.49. The van der Waals surface area contributed by atoms with Crippen LogP contribution in [0.4, 0.5) is 0 Å². The van der Waals surface area contributed by atoms with Crippen molar-refractivity contribution in [3.63, 3.8) is 0 Å². The zero-order chi connectivity index (χ0) is 25.4. The Morgan fingerprint density at radius 1 is 0.737 bits per heavy atom. The van der Waals surface area contributed by atoms with Gasteiger partial charge in [-0.2, -0.15) is 0 Å². The van der Waals surface area contributed by atoms with Crippen LogP contribution in [0.25, 0.3) is 43.2 Å². The number of nitrogens with zero attached hydrogens (tertiary/aromatic N) is 2. The number of rotatable bonds is 5. The number of benzene rings is 4. The molecule has 0 aliphatic rings. The second-order valence-corrected chi connectivity index (χ2v) is 10.6. The first kappa shape index (κ1) is 26.0. The summed E-state index contributed by atoms with van der Waals surface area (Å²) < 4.78 is 1.07. The molecule has 0 aliphatic heterocycles. The number of pyridine rings is 1. The molecule has 1 N–H and O–H groups in total. The van der Waals surface area contributed by atoms with Crippen molar-refractivity contribution in [2.75, 3.05) is 0 Å². The molecule has 38 heavy (non-hydrogen) atoms. The summed E-state index contributed by atoms with van der Waals surface area (Å²) in [4.78, 5) is 9.62. The molecular weight excluding hydrogens is 668 g/mol. The molecule has 2 aromatic heterocycles. The molecule has 190 valence electrons. The van der Waals surface area contributed by atoms with E-state index >= 15 is 0 Å². The summed E-state index contributed by atoms with van der Waals surface area (Å²) in [5, 5.41) is 11.1. The topological polar surface area (TPSA) is 46.0 Å². The fraction of sp³-hybridized carbons (Fsp3) is 0.0909. The first-order valence-electron chi connectivity index (χ1n) is 12.2. The number of thiazole rings is 1. The van der Waals surface area contributed by atoms with E-state index in [1.807, 2.05) is 42.6 Å². The van der Waals surface area contributed by atoms with Gasteiger partial charge in [0.2, 0.25) is 0 Å².